The van der Waals surface area contributed by atoms with Crippen LogP contribution in [0.1, 0.15) is 60.8 Å². The van der Waals surface area contributed by atoms with Crippen LogP contribution in [-0.2, 0) is 4.57 Å². The van der Waals surface area contributed by atoms with E-state index in [1.807, 2.05) is 41.5 Å². The summed E-state index contributed by atoms with van der Waals surface area (Å²) < 4.78 is 12.5. The Balaban J connectivity index is 5.23. The van der Waals surface area contributed by atoms with Gasteiger partial charge in [0.15, 0.2) is 0 Å². The summed E-state index contributed by atoms with van der Waals surface area (Å²) >= 11 is 0. The molecule has 1 atom stereocenters. The van der Waals surface area contributed by atoms with Gasteiger partial charge in [-0.15, -0.1) is 0 Å². The zero-order valence-corrected chi connectivity index (χ0v) is 11.3. The largest absolute Gasteiger partial charge is 0.344 e. The molecule has 2 nitrogen and oxygen atoms in total. The molecule has 0 aliphatic rings. The Labute approximate surface area is 88.6 Å². The van der Waals surface area contributed by atoms with E-state index in [-0.39, 0.29) is 0 Å². The van der Waals surface area contributed by atoms with Gasteiger partial charge in [0.1, 0.15) is 0 Å². The topological polar surface area (TPSA) is 37.3 Å². The van der Waals surface area contributed by atoms with E-state index in [1.165, 1.54) is 0 Å². The molecule has 0 aliphatic carbocycles. The van der Waals surface area contributed by atoms with Gasteiger partial charge in [-0.25, -0.2) is 0 Å². The zero-order chi connectivity index (χ0) is 11.6. The first-order valence-corrected chi connectivity index (χ1v) is 7.17. The lowest BCUT2D eigenvalue weighted by molar-refractivity contribution is 0.377. The van der Waals surface area contributed by atoms with Gasteiger partial charge >= 0.3 is 0 Å². The van der Waals surface area contributed by atoms with Gasteiger partial charge in [-0.05, 0) is 19.3 Å². The monoisotopic (exact) mass is 220 g/mol. The van der Waals surface area contributed by atoms with Crippen molar-refractivity contribution in [1.29, 1.82) is 0 Å². The number of hydrogen-bond acceptors (Lipinski definition) is 1. The highest BCUT2D eigenvalue weighted by Gasteiger charge is 2.49. The van der Waals surface area contributed by atoms with Crippen molar-refractivity contribution in [3.63, 3.8) is 0 Å². The second-order valence-electron chi connectivity index (χ2n) is 4.95. The fraction of sp³-hybridized carbons (Fsp3) is 1.00. The Hall–Kier alpha value is 0.190. The molecule has 0 aromatic carbocycles. The summed E-state index contributed by atoms with van der Waals surface area (Å²) in [6.45, 7) is 11.7. The highest BCUT2D eigenvalue weighted by atomic mass is 31.2. The van der Waals surface area contributed by atoms with Gasteiger partial charge in [-0.1, -0.05) is 41.5 Å². The van der Waals surface area contributed by atoms with Crippen molar-refractivity contribution >= 4 is 7.37 Å². The van der Waals surface area contributed by atoms with Crippen LogP contribution in [0.4, 0.5) is 0 Å². The minimum Gasteiger partial charge on any atom is -0.344 e. The molecule has 0 bridgehead atoms. The van der Waals surface area contributed by atoms with E-state index in [0.717, 1.165) is 19.3 Å². The molecule has 0 saturated heterocycles. The van der Waals surface area contributed by atoms with Gasteiger partial charge < -0.3 is 4.89 Å². The predicted octanol–water partition coefficient (Wildman–Crippen LogP) is 4.02. The molecular formula is C11H25O2P. The van der Waals surface area contributed by atoms with Crippen LogP contribution in [0.2, 0.25) is 0 Å². The molecule has 0 aromatic heterocycles. The average Bonchev–Trinajstić information content (AvgIpc) is 2.15. The smallest absolute Gasteiger partial charge is 0.211 e. The van der Waals surface area contributed by atoms with Crippen molar-refractivity contribution in [3.05, 3.63) is 0 Å². The molecule has 0 fully saturated rings. The molecule has 0 amide bonds. The van der Waals surface area contributed by atoms with Crippen molar-refractivity contribution in [3.8, 4) is 0 Å². The van der Waals surface area contributed by atoms with E-state index in [2.05, 4.69) is 0 Å². The Bertz CT molecular complexity index is 229. The minimum absolute atomic E-state index is 0.424. The van der Waals surface area contributed by atoms with Gasteiger partial charge in [0.2, 0.25) is 7.37 Å². The third-order valence-corrected chi connectivity index (χ3v) is 7.99. The number of hydrogen-bond donors (Lipinski definition) is 1. The molecule has 1 N–H and O–H groups in total. The van der Waals surface area contributed by atoms with Crippen LogP contribution in [0, 0.1) is 0 Å². The maximum absolute atomic E-state index is 12.5. The van der Waals surface area contributed by atoms with Crippen molar-refractivity contribution in [2.24, 2.45) is 0 Å². The fourth-order valence-electron chi connectivity index (χ4n) is 1.62. The predicted molar refractivity (Wildman–Crippen MR) is 63.2 cm³/mol. The molecule has 0 rings (SSSR count). The van der Waals surface area contributed by atoms with Crippen molar-refractivity contribution in [1.82, 2.24) is 0 Å². The summed E-state index contributed by atoms with van der Waals surface area (Å²) in [6.07, 6.45) is 2.28. The van der Waals surface area contributed by atoms with Gasteiger partial charge in [0.25, 0.3) is 0 Å². The van der Waals surface area contributed by atoms with Crippen LogP contribution in [0.25, 0.3) is 0 Å². The highest BCUT2D eigenvalue weighted by Crippen LogP contribution is 2.67. The van der Waals surface area contributed by atoms with E-state index in [9.17, 15) is 9.46 Å². The van der Waals surface area contributed by atoms with Gasteiger partial charge in [-0.2, -0.15) is 0 Å². The maximum Gasteiger partial charge on any atom is 0.211 e. The van der Waals surface area contributed by atoms with E-state index in [4.69, 9.17) is 0 Å². The Kier molecular flexibility index (Phi) is 4.42. The summed E-state index contributed by atoms with van der Waals surface area (Å²) in [7, 11) is -3.12. The highest BCUT2D eigenvalue weighted by molar-refractivity contribution is 7.61. The van der Waals surface area contributed by atoms with Gasteiger partial charge in [0, 0.05) is 10.3 Å². The third-order valence-electron chi connectivity index (χ3n) is 3.94. The molecule has 0 aliphatic heterocycles. The lowest BCUT2D eigenvalue weighted by Gasteiger charge is -2.41. The first-order chi connectivity index (χ1) is 6.18. The molecule has 0 saturated carbocycles. The second kappa shape index (κ2) is 4.37. The fourth-order valence-corrected chi connectivity index (χ4v) is 4.37. The normalized spacial score (nSPS) is 17.9. The molecule has 86 valence electrons. The standard InChI is InChI=1S/C11H25O2P/c1-7-10(4,5)14(12,13)11(6,8-2)9-3/h7-9H2,1-6H3,(H,12,13). The maximum atomic E-state index is 12.5. The van der Waals surface area contributed by atoms with Crippen LogP contribution in [0.15, 0.2) is 0 Å². The Morgan fingerprint density at radius 1 is 1.00 bits per heavy atom. The van der Waals surface area contributed by atoms with Crippen molar-refractivity contribution in [2.75, 3.05) is 0 Å². The molecule has 0 spiro atoms. The Morgan fingerprint density at radius 3 is 1.57 bits per heavy atom. The first kappa shape index (κ1) is 14.2. The summed E-state index contributed by atoms with van der Waals surface area (Å²) in [5, 5.41) is -0.889. The van der Waals surface area contributed by atoms with Crippen molar-refractivity contribution in [2.45, 2.75) is 71.1 Å². The zero-order valence-electron chi connectivity index (χ0n) is 10.4. The van der Waals surface area contributed by atoms with Gasteiger partial charge in [0.05, 0.1) is 0 Å². The molecule has 14 heavy (non-hydrogen) atoms. The summed E-state index contributed by atoms with van der Waals surface area (Å²) in [6, 6.07) is 0. The first-order valence-electron chi connectivity index (χ1n) is 5.51. The molecule has 0 heterocycles. The molecule has 0 radical (unpaired) electrons. The van der Waals surface area contributed by atoms with Crippen molar-refractivity contribution < 1.29 is 9.46 Å². The van der Waals surface area contributed by atoms with E-state index < -0.39 is 17.7 Å². The average molecular weight is 220 g/mol. The molecule has 1 unspecified atom stereocenters. The quantitative estimate of drug-likeness (QED) is 0.710. The third kappa shape index (κ3) is 2.06. The lowest BCUT2D eigenvalue weighted by atomic mass is 10.1. The summed E-state index contributed by atoms with van der Waals surface area (Å²) in [4.78, 5) is 10.3. The second-order valence-corrected chi connectivity index (χ2v) is 8.39. The Morgan fingerprint density at radius 2 is 1.36 bits per heavy atom. The van der Waals surface area contributed by atoms with E-state index in [0.29, 0.717) is 0 Å². The van der Waals surface area contributed by atoms with Crippen LogP contribution in [0.3, 0.4) is 0 Å². The molecule has 3 heteroatoms. The van der Waals surface area contributed by atoms with Crippen LogP contribution < -0.4 is 0 Å². The van der Waals surface area contributed by atoms with E-state index in [1.54, 1.807) is 0 Å². The minimum atomic E-state index is -3.12. The summed E-state index contributed by atoms with van der Waals surface area (Å²) in [5.74, 6) is 0. The van der Waals surface area contributed by atoms with Crippen LogP contribution >= 0.6 is 7.37 Å². The van der Waals surface area contributed by atoms with Gasteiger partial charge in [-0.3, -0.25) is 4.57 Å². The SMILES string of the molecule is CCC(C)(C)P(=O)(O)C(C)(CC)CC. The van der Waals surface area contributed by atoms with E-state index >= 15 is 0 Å². The lowest BCUT2D eigenvalue weighted by Crippen LogP contribution is -2.34. The van der Waals surface area contributed by atoms with Crippen LogP contribution in [-0.4, -0.2) is 15.2 Å². The number of rotatable bonds is 5. The molecule has 0 aromatic rings. The van der Waals surface area contributed by atoms with Crippen LogP contribution in [0.5, 0.6) is 0 Å². The summed E-state index contributed by atoms with van der Waals surface area (Å²) in [5.41, 5.74) is 0. The molecular weight excluding hydrogens is 195 g/mol.